The van der Waals surface area contributed by atoms with Gasteiger partial charge in [-0.1, -0.05) is 6.07 Å². The van der Waals surface area contributed by atoms with Gasteiger partial charge in [0.2, 0.25) is 5.91 Å². The van der Waals surface area contributed by atoms with Gasteiger partial charge in [-0.3, -0.25) is 14.9 Å². The number of nitro groups is 1. The standard InChI is InChI=1S/C10H13N3O3.ClH/c11-6-2-5-10(14)12-8-3-1-4-9(7-8)13(15)16;/h1,3-4,7H,2,5-6,11H2,(H,12,14);1H. The van der Waals surface area contributed by atoms with Crippen LogP contribution in [0.15, 0.2) is 24.3 Å². The molecule has 0 aliphatic heterocycles. The highest BCUT2D eigenvalue weighted by molar-refractivity contribution is 5.90. The fourth-order valence-corrected chi connectivity index (χ4v) is 1.18. The van der Waals surface area contributed by atoms with Crippen molar-refractivity contribution in [3.05, 3.63) is 34.4 Å². The monoisotopic (exact) mass is 259 g/mol. The molecule has 1 rings (SSSR count). The smallest absolute Gasteiger partial charge is 0.271 e. The lowest BCUT2D eigenvalue weighted by Gasteiger charge is -2.03. The fraction of sp³-hybridized carbons (Fsp3) is 0.300. The fourth-order valence-electron chi connectivity index (χ4n) is 1.18. The SMILES string of the molecule is Cl.NCCCC(=O)Nc1cccc([N+](=O)[O-])c1. The van der Waals surface area contributed by atoms with Crippen LogP contribution in [-0.2, 0) is 4.79 Å². The van der Waals surface area contributed by atoms with E-state index < -0.39 is 4.92 Å². The van der Waals surface area contributed by atoms with Crippen molar-refractivity contribution >= 4 is 29.7 Å². The minimum Gasteiger partial charge on any atom is -0.330 e. The maximum atomic E-state index is 11.3. The van der Waals surface area contributed by atoms with Gasteiger partial charge in [-0.15, -0.1) is 12.4 Å². The largest absolute Gasteiger partial charge is 0.330 e. The maximum Gasteiger partial charge on any atom is 0.271 e. The lowest BCUT2D eigenvalue weighted by Crippen LogP contribution is -2.13. The third-order valence-electron chi connectivity index (χ3n) is 1.95. The number of non-ortho nitro benzene ring substituents is 1. The van der Waals surface area contributed by atoms with Crippen molar-refractivity contribution in [2.45, 2.75) is 12.8 Å². The first-order chi connectivity index (χ1) is 7.63. The number of nitro benzene ring substituents is 1. The van der Waals surface area contributed by atoms with Gasteiger partial charge in [0.1, 0.15) is 0 Å². The second-order valence-electron chi connectivity index (χ2n) is 3.25. The third-order valence-corrected chi connectivity index (χ3v) is 1.95. The second kappa shape index (κ2) is 7.59. The highest BCUT2D eigenvalue weighted by Gasteiger charge is 2.07. The van der Waals surface area contributed by atoms with E-state index in [2.05, 4.69) is 5.32 Å². The molecule has 0 unspecified atom stereocenters. The number of benzene rings is 1. The summed E-state index contributed by atoms with van der Waals surface area (Å²) in [6.45, 7) is 0.447. The lowest BCUT2D eigenvalue weighted by molar-refractivity contribution is -0.384. The first-order valence-electron chi connectivity index (χ1n) is 4.88. The third kappa shape index (κ3) is 5.28. The quantitative estimate of drug-likeness (QED) is 0.621. The van der Waals surface area contributed by atoms with E-state index in [0.29, 0.717) is 25.1 Å². The average Bonchev–Trinajstić information content (AvgIpc) is 2.26. The molecule has 0 saturated carbocycles. The lowest BCUT2D eigenvalue weighted by atomic mass is 10.2. The molecule has 1 aromatic carbocycles. The molecule has 3 N–H and O–H groups in total. The number of amides is 1. The minimum atomic E-state index is -0.504. The van der Waals surface area contributed by atoms with Crippen molar-refractivity contribution in [3.8, 4) is 0 Å². The molecule has 17 heavy (non-hydrogen) atoms. The van der Waals surface area contributed by atoms with Gasteiger partial charge in [0, 0.05) is 24.2 Å². The summed E-state index contributed by atoms with van der Waals surface area (Å²) < 4.78 is 0. The van der Waals surface area contributed by atoms with E-state index in [1.807, 2.05) is 0 Å². The summed E-state index contributed by atoms with van der Waals surface area (Å²) in [6.07, 6.45) is 0.917. The Hall–Kier alpha value is -1.66. The van der Waals surface area contributed by atoms with E-state index in [9.17, 15) is 14.9 Å². The summed E-state index contributed by atoms with van der Waals surface area (Å²) in [5.41, 5.74) is 5.65. The molecule has 6 nitrogen and oxygen atoms in total. The van der Waals surface area contributed by atoms with E-state index in [1.165, 1.54) is 18.2 Å². The van der Waals surface area contributed by atoms with Gasteiger partial charge in [-0.2, -0.15) is 0 Å². The molecule has 1 amide bonds. The number of nitrogens with two attached hydrogens (primary N) is 1. The number of hydrogen-bond acceptors (Lipinski definition) is 4. The Morgan fingerprint density at radius 1 is 1.47 bits per heavy atom. The molecule has 1 aromatic rings. The Morgan fingerprint density at radius 2 is 2.18 bits per heavy atom. The second-order valence-corrected chi connectivity index (χ2v) is 3.25. The van der Waals surface area contributed by atoms with Crippen LogP contribution in [0.2, 0.25) is 0 Å². The molecule has 0 bridgehead atoms. The van der Waals surface area contributed by atoms with Gasteiger partial charge < -0.3 is 11.1 Å². The van der Waals surface area contributed by atoms with Crippen LogP contribution in [0.25, 0.3) is 0 Å². The summed E-state index contributed by atoms with van der Waals surface area (Å²) in [7, 11) is 0. The normalized spacial score (nSPS) is 9.24. The summed E-state index contributed by atoms with van der Waals surface area (Å²) in [5, 5.41) is 13.1. The van der Waals surface area contributed by atoms with Crippen molar-refractivity contribution in [3.63, 3.8) is 0 Å². The zero-order valence-corrected chi connectivity index (χ0v) is 9.90. The molecule has 0 heterocycles. The van der Waals surface area contributed by atoms with Crippen molar-refractivity contribution in [1.29, 1.82) is 0 Å². The van der Waals surface area contributed by atoms with Crippen LogP contribution in [0.3, 0.4) is 0 Å². The van der Waals surface area contributed by atoms with Crippen LogP contribution in [0.4, 0.5) is 11.4 Å². The van der Waals surface area contributed by atoms with Gasteiger partial charge >= 0.3 is 0 Å². The van der Waals surface area contributed by atoms with Crippen molar-refractivity contribution in [2.24, 2.45) is 5.73 Å². The Morgan fingerprint density at radius 3 is 2.76 bits per heavy atom. The van der Waals surface area contributed by atoms with Crippen molar-refractivity contribution in [2.75, 3.05) is 11.9 Å². The minimum absolute atomic E-state index is 0. The molecular weight excluding hydrogens is 246 g/mol. The van der Waals surface area contributed by atoms with Crippen molar-refractivity contribution < 1.29 is 9.72 Å². The molecule has 0 aromatic heterocycles. The number of carbonyl (C=O) groups excluding carboxylic acids is 1. The Bertz CT molecular complexity index is 398. The number of carbonyl (C=O) groups is 1. The van der Waals surface area contributed by atoms with Gasteiger partial charge in [0.15, 0.2) is 0 Å². The number of halogens is 1. The number of hydrogen-bond donors (Lipinski definition) is 2. The number of nitrogens with one attached hydrogen (secondary N) is 1. The molecular formula is C10H14ClN3O3. The zero-order valence-electron chi connectivity index (χ0n) is 9.09. The molecule has 94 valence electrons. The first-order valence-corrected chi connectivity index (χ1v) is 4.88. The topological polar surface area (TPSA) is 98.3 Å². The number of rotatable bonds is 5. The average molecular weight is 260 g/mol. The highest BCUT2D eigenvalue weighted by atomic mass is 35.5. The Balaban J connectivity index is 0.00000256. The van der Waals surface area contributed by atoms with E-state index in [4.69, 9.17) is 5.73 Å². The van der Waals surface area contributed by atoms with Crippen LogP contribution in [-0.4, -0.2) is 17.4 Å². The molecule has 0 atom stereocenters. The van der Waals surface area contributed by atoms with Gasteiger partial charge in [-0.25, -0.2) is 0 Å². The Kier molecular flexibility index (Phi) is 6.85. The van der Waals surface area contributed by atoms with Crippen LogP contribution in [0, 0.1) is 10.1 Å². The molecule has 0 aliphatic carbocycles. The number of anilines is 1. The van der Waals surface area contributed by atoms with Crippen molar-refractivity contribution in [1.82, 2.24) is 0 Å². The zero-order chi connectivity index (χ0) is 12.0. The van der Waals surface area contributed by atoms with E-state index >= 15 is 0 Å². The summed E-state index contributed by atoms with van der Waals surface area (Å²) in [4.78, 5) is 21.3. The van der Waals surface area contributed by atoms with Gasteiger partial charge in [0.05, 0.1) is 4.92 Å². The number of nitrogens with zero attached hydrogens (tertiary/aromatic N) is 1. The maximum absolute atomic E-state index is 11.3. The molecule has 0 aliphatic rings. The van der Waals surface area contributed by atoms with Crippen LogP contribution < -0.4 is 11.1 Å². The molecule has 0 spiro atoms. The van der Waals surface area contributed by atoms with Gasteiger partial charge in [0.25, 0.3) is 5.69 Å². The summed E-state index contributed by atoms with van der Waals surface area (Å²) in [5.74, 6) is -0.189. The van der Waals surface area contributed by atoms with Crippen LogP contribution in [0.5, 0.6) is 0 Å². The van der Waals surface area contributed by atoms with Gasteiger partial charge in [-0.05, 0) is 19.0 Å². The van der Waals surface area contributed by atoms with Crippen LogP contribution in [0.1, 0.15) is 12.8 Å². The molecule has 0 radical (unpaired) electrons. The van der Waals surface area contributed by atoms with E-state index in [0.717, 1.165) is 0 Å². The van der Waals surface area contributed by atoms with Crippen LogP contribution >= 0.6 is 12.4 Å². The molecule has 0 fully saturated rings. The molecule has 0 saturated heterocycles. The molecule has 7 heteroatoms. The Labute approximate surface area is 105 Å². The highest BCUT2D eigenvalue weighted by Crippen LogP contribution is 2.17. The summed E-state index contributed by atoms with van der Waals surface area (Å²) in [6, 6.07) is 5.82. The summed E-state index contributed by atoms with van der Waals surface area (Å²) >= 11 is 0. The predicted octanol–water partition coefficient (Wildman–Crippen LogP) is 1.69. The first kappa shape index (κ1) is 15.3. The predicted molar refractivity (Wildman–Crippen MR) is 67.3 cm³/mol. The van der Waals surface area contributed by atoms with E-state index in [1.54, 1.807) is 6.07 Å². The van der Waals surface area contributed by atoms with E-state index in [-0.39, 0.29) is 24.0 Å².